The van der Waals surface area contributed by atoms with E-state index in [4.69, 9.17) is 18.6 Å². The van der Waals surface area contributed by atoms with Gasteiger partial charge in [-0.25, -0.2) is 0 Å². The molecule has 7 heteroatoms. The molecule has 0 aliphatic carbocycles. The van der Waals surface area contributed by atoms with Crippen LogP contribution in [0.5, 0.6) is 17.2 Å². The van der Waals surface area contributed by atoms with Gasteiger partial charge in [0.25, 0.3) is 5.91 Å². The van der Waals surface area contributed by atoms with E-state index >= 15 is 0 Å². The highest BCUT2D eigenvalue weighted by Crippen LogP contribution is 2.46. The zero-order chi connectivity index (χ0) is 24.9. The smallest absolute Gasteiger partial charge is 0.295 e. The standard InChI is InChI=1S/C28H25NO6/c1-15-10-11-18(12-16(15)2)29-24(17-13-21(32-3)26(34-5)22(14-17)33-4)23-25(30)19-8-6-7-9-20(19)35-27(23)28(29)31/h6-14,24H,1-5H3. The van der Waals surface area contributed by atoms with E-state index in [2.05, 4.69) is 0 Å². The van der Waals surface area contributed by atoms with Crippen LogP contribution < -0.4 is 24.5 Å². The number of fused-ring (bicyclic) bond motifs is 2. The first-order valence-corrected chi connectivity index (χ1v) is 11.2. The van der Waals surface area contributed by atoms with Crippen molar-refractivity contribution in [2.45, 2.75) is 19.9 Å². The number of nitrogens with zero attached hydrogens (tertiary/aromatic N) is 1. The second kappa shape index (κ2) is 8.51. The Bertz CT molecular complexity index is 1510. The monoisotopic (exact) mass is 471 g/mol. The summed E-state index contributed by atoms with van der Waals surface area (Å²) in [4.78, 5) is 29.2. The molecule has 1 aliphatic heterocycles. The van der Waals surface area contributed by atoms with Crippen molar-refractivity contribution in [2.75, 3.05) is 26.2 Å². The Hall–Kier alpha value is -4.26. The van der Waals surface area contributed by atoms with Gasteiger partial charge in [0.05, 0.1) is 38.3 Å². The van der Waals surface area contributed by atoms with Crippen molar-refractivity contribution in [1.29, 1.82) is 0 Å². The summed E-state index contributed by atoms with van der Waals surface area (Å²) in [7, 11) is 4.58. The maximum absolute atomic E-state index is 13.8. The van der Waals surface area contributed by atoms with Gasteiger partial charge in [-0.1, -0.05) is 18.2 Å². The van der Waals surface area contributed by atoms with Gasteiger partial charge in [0.15, 0.2) is 16.9 Å². The summed E-state index contributed by atoms with van der Waals surface area (Å²) < 4.78 is 22.6. The zero-order valence-corrected chi connectivity index (χ0v) is 20.2. The normalized spacial score (nSPS) is 14.8. The molecule has 35 heavy (non-hydrogen) atoms. The molecule has 1 atom stereocenters. The van der Waals surface area contributed by atoms with Crippen LogP contribution in [0.4, 0.5) is 5.69 Å². The van der Waals surface area contributed by atoms with Gasteiger partial charge in [0.1, 0.15) is 5.58 Å². The highest BCUT2D eigenvalue weighted by molar-refractivity contribution is 6.10. The molecule has 0 saturated heterocycles. The number of benzene rings is 3. The van der Waals surface area contributed by atoms with Gasteiger partial charge >= 0.3 is 0 Å². The summed E-state index contributed by atoms with van der Waals surface area (Å²) in [5, 5.41) is 0.415. The van der Waals surface area contributed by atoms with Crippen LogP contribution in [0.25, 0.3) is 11.0 Å². The topological polar surface area (TPSA) is 78.2 Å². The van der Waals surface area contributed by atoms with E-state index in [1.54, 1.807) is 41.3 Å². The van der Waals surface area contributed by atoms with E-state index < -0.39 is 6.04 Å². The third-order valence-corrected chi connectivity index (χ3v) is 6.55. The first kappa shape index (κ1) is 22.5. The Labute approximate surface area is 202 Å². The van der Waals surface area contributed by atoms with Gasteiger partial charge in [0, 0.05) is 5.69 Å². The van der Waals surface area contributed by atoms with Crippen LogP contribution >= 0.6 is 0 Å². The lowest BCUT2D eigenvalue weighted by molar-refractivity contribution is 0.0971. The SMILES string of the molecule is COc1cc(C2c3c(oc4ccccc4c3=O)C(=O)N2c2ccc(C)c(C)c2)cc(OC)c1OC. The Balaban J connectivity index is 1.84. The van der Waals surface area contributed by atoms with Crippen LogP contribution in [-0.2, 0) is 0 Å². The molecule has 4 aromatic rings. The number of hydrogen-bond acceptors (Lipinski definition) is 6. The predicted molar refractivity (Wildman–Crippen MR) is 133 cm³/mol. The number of aryl methyl sites for hydroxylation is 2. The zero-order valence-electron chi connectivity index (χ0n) is 20.2. The molecule has 5 rings (SSSR count). The van der Waals surface area contributed by atoms with E-state index in [1.807, 2.05) is 32.0 Å². The molecular weight excluding hydrogens is 446 g/mol. The van der Waals surface area contributed by atoms with Crippen LogP contribution in [0.1, 0.15) is 38.9 Å². The maximum atomic E-state index is 13.8. The highest BCUT2D eigenvalue weighted by Gasteiger charge is 2.44. The summed E-state index contributed by atoms with van der Waals surface area (Å²) in [5.41, 5.74) is 3.82. The van der Waals surface area contributed by atoms with Gasteiger partial charge in [0.2, 0.25) is 11.5 Å². The molecule has 0 saturated carbocycles. The summed E-state index contributed by atoms with van der Waals surface area (Å²) >= 11 is 0. The molecule has 7 nitrogen and oxygen atoms in total. The molecule has 1 aromatic heterocycles. The molecule has 1 amide bonds. The number of ether oxygens (including phenoxy) is 3. The minimum absolute atomic E-state index is 0.0330. The first-order valence-electron chi connectivity index (χ1n) is 11.2. The summed E-state index contributed by atoms with van der Waals surface area (Å²) in [6, 6.07) is 15.5. The number of amides is 1. The number of anilines is 1. The van der Waals surface area contributed by atoms with Crippen molar-refractivity contribution in [3.63, 3.8) is 0 Å². The number of carbonyl (C=O) groups is 1. The minimum atomic E-state index is -0.755. The fourth-order valence-corrected chi connectivity index (χ4v) is 4.64. The Morgan fingerprint density at radius 3 is 2.14 bits per heavy atom. The van der Waals surface area contributed by atoms with E-state index in [1.165, 1.54) is 21.3 Å². The first-order chi connectivity index (χ1) is 16.9. The van der Waals surface area contributed by atoms with Crippen LogP contribution in [0.3, 0.4) is 0 Å². The minimum Gasteiger partial charge on any atom is -0.493 e. The number of carbonyl (C=O) groups excluding carboxylic acids is 1. The van der Waals surface area contributed by atoms with E-state index in [9.17, 15) is 9.59 Å². The fourth-order valence-electron chi connectivity index (χ4n) is 4.64. The van der Waals surface area contributed by atoms with Gasteiger partial charge in [-0.15, -0.1) is 0 Å². The third kappa shape index (κ3) is 3.43. The molecule has 3 aromatic carbocycles. The Morgan fingerprint density at radius 2 is 1.51 bits per heavy atom. The Morgan fingerprint density at radius 1 is 0.829 bits per heavy atom. The van der Waals surface area contributed by atoms with E-state index in [-0.39, 0.29) is 22.7 Å². The number of rotatable bonds is 5. The molecule has 1 unspecified atom stereocenters. The van der Waals surface area contributed by atoms with E-state index in [0.717, 1.165) is 11.1 Å². The Kier molecular flexibility index (Phi) is 5.47. The fraction of sp³-hybridized carbons (Fsp3) is 0.214. The third-order valence-electron chi connectivity index (χ3n) is 6.55. The lowest BCUT2D eigenvalue weighted by atomic mass is 9.97. The summed E-state index contributed by atoms with van der Waals surface area (Å²) in [6.07, 6.45) is 0. The van der Waals surface area contributed by atoms with Crippen molar-refractivity contribution < 1.29 is 23.4 Å². The largest absolute Gasteiger partial charge is 0.493 e. The van der Waals surface area contributed by atoms with Crippen LogP contribution in [-0.4, -0.2) is 27.2 Å². The highest BCUT2D eigenvalue weighted by atomic mass is 16.5. The van der Waals surface area contributed by atoms with Crippen molar-refractivity contribution in [2.24, 2.45) is 0 Å². The molecule has 1 aliphatic rings. The number of methoxy groups -OCH3 is 3. The second-order valence-corrected chi connectivity index (χ2v) is 8.48. The van der Waals surface area contributed by atoms with Gasteiger partial charge < -0.3 is 18.6 Å². The lowest BCUT2D eigenvalue weighted by Gasteiger charge is -2.27. The van der Waals surface area contributed by atoms with Gasteiger partial charge in [-0.05, 0) is 66.9 Å². The molecular formula is C28H25NO6. The molecule has 0 N–H and O–H groups in total. The van der Waals surface area contributed by atoms with Crippen LogP contribution in [0, 0.1) is 13.8 Å². The molecule has 178 valence electrons. The van der Waals surface area contributed by atoms with Crippen LogP contribution in [0.15, 0.2) is 63.8 Å². The van der Waals surface area contributed by atoms with E-state index in [0.29, 0.717) is 39.5 Å². The van der Waals surface area contributed by atoms with Crippen molar-refractivity contribution in [3.8, 4) is 17.2 Å². The molecule has 0 bridgehead atoms. The average Bonchev–Trinajstić information content (AvgIpc) is 3.17. The lowest BCUT2D eigenvalue weighted by Crippen LogP contribution is -2.29. The quantitative estimate of drug-likeness (QED) is 0.399. The van der Waals surface area contributed by atoms with Crippen LogP contribution in [0.2, 0.25) is 0 Å². The van der Waals surface area contributed by atoms with Crippen molar-refractivity contribution in [1.82, 2.24) is 0 Å². The van der Waals surface area contributed by atoms with Crippen molar-refractivity contribution in [3.05, 3.63) is 92.8 Å². The van der Waals surface area contributed by atoms with Gasteiger partial charge in [-0.3, -0.25) is 14.5 Å². The second-order valence-electron chi connectivity index (χ2n) is 8.48. The average molecular weight is 472 g/mol. The number of para-hydroxylation sites is 1. The summed E-state index contributed by atoms with van der Waals surface area (Å²) in [5.74, 6) is 0.919. The van der Waals surface area contributed by atoms with Crippen molar-refractivity contribution >= 4 is 22.6 Å². The summed E-state index contributed by atoms with van der Waals surface area (Å²) in [6.45, 7) is 3.99. The molecule has 0 fully saturated rings. The number of hydrogen-bond donors (Lipinski definition) is 0. The predicted octanol–water partition coefficient (Wildman–Crippen LogP) is 5.19. The molecule has 0 spiro atoms. The molecule has 0 radical (unpaired) electrons. The maximum Gasteiger partial charge on any atom is 0.295 e. The van der Waals surface area contributed by atoms with Gasteiger partial charge in [-0.2, -0.15) is 0 Å². The molecule has 2 heterocycles.